The third-order valence-electron chi connectivity index (χ3n) is 3.44. The highest BCUT2D eigenvalue weighted by Crippen LogP contribution is 2.25. The molecule has 2 aromatic carbocycles. The summed E-state index contributed by atoms with van der Waals surface area (Å²) >= 11 is 0. The first kappa shape index (κ1) is 15.6. The summed E-state index contributed by atoms with van der Waals surface area (Å²) in [5, 5.41) is 9.16. The maximum atomic E-state index is 11.2. The van der Waals surface area contributed by atoms with Gasteiger partial charge in [0.05, 0.1) is 0 Å². The van der Waals surface area contributed by atoms with Gasteiger partial charge in [-0.15, -0.1) is 0 Å². The van der Waals surface area contributed by atoms with Crippen LogP contribution in [0.2, 0.25) is 0 Å². The van der Waals surface area contributed by atoms with Crippen LogP contribution >= 0.6 is 0 Å². The Morgan fingerprint density at radius 2 is 1.67 bits per heavy atom. The Morgan fingerprint density at radius 1 is 0.958 bits per heavy atom. The molecular weight excluding hydrogens is 308 g/mol. The molecule has 3 aromatic rings. The number of carboxylic acids is 1. The van der Waals surface area contributed by atoms with Crippen molar-refractivity contribution >= 4 is 5.97 Å². The second kappa shape index (κ2) is 6.83. The van der Waals surface area contributed by atoms with E-state index in [1.54, 1.807) is 24.3 Å². The molecule has 5 heteroatoms. The number of hydrogen-bond acceptors (Lipinski definition) is 4. The molecule has 0 amide bonds. The van der Waals surface area contributed by atoms with E-state index in [0.29, 0.717) is 23.5 Å². The Kier molecular flexibility index (Phi) is 4.43. The van der Waals surface area contributed by atoms with Crippen molar-refractivity contribution in [3.05, 3.63) is 88.5 Å². The smallest absolute Gasteiger partial charge is 0.372 e. The summed E-state index contributed by atoms with van der Waals surface area (Å²) in [4.78, 5) is 22.4. The lowest BCUT2D eigenvalue weighted by molar-refractivity contribution is 0.0658. The Morgan fingerprint density at radius 3 is 2.33 bits per heavy atom. The molecule has 0 fully saturated rings. The minimum atomic E-state index is -1.29. The van der Waals surface area contributed by atoms with Crippen LogP contribution < -0.4 is 10.4 Å². The third kappa shape index (κ3) is 3.52. The average molecular weight is 322 g/mol. The summed E-state index contributed by atoms with van der Waals surface area (Å²) in [7, 11) is 0. The molecule has 0 saturated carbocycles. The zero-order valence-electron chi connectivity index (χ0n) is 12.6. The fourth-order valence-corrected chi connectivity index (χ4v) is 2.27. The van der Waals surface area contributed by atoms with Crippen molar-refractivity contribution in [1.29, 1.82) is 0 Å². The van der Waals surface area contributed by atoms with Gasteiger partial charge in [0.25, 0.3) is 0 Å². The number of rotatable bonds is 5. The summed E-state index contributed by atoms with van der Waals surface area (Å²) in [5.41, 5.74) is 1.33. The lowest BCUT2D eigenvalue weighted by Crippen LogP contribution is -2.06. The van der Waals surface area contributed by atoms with E-state index in [1.807, 2.05) is 30.3 Å². The average Bonchev–Trinajstić information content (AvgIpc) is 2.61. The highest BCUT2D eigenvalue weighted by atomic mass is 16.5. The molecule has 24 heavy (non-hydrogen) atoms. The van der Waals surface area contributed by atoms with Gasteiger partial charge in [-0.3, -0.25) is 0 Å². The van der Waals surface area contributed by atoms with Gasteiger partial charge in [-0.05, 0) is 29.3 Å². The Bertz CT molecular complexity index is 895. The maximum Gasteiger partial charge on any atom is 0.372 e. The van der Waals surface area contributed by atoms with Crippen molar-refractivity contribution in [2.45, 2.75) is 6.61 Å². The molecule has 1 N–H and O–H groups in total. The number of carboxylic acid groups (broad SMARTS) is 1. The van der Waals surface area contributed by atoms with Crippen molar-refractivity contribution < 1.29 is 19.1 Å². The van der Waals surface area contributed by atoms with Gasteiger partial charge < -0.3 is 14.3 Å². The zero-order chi connectivity index (χ0) is 16.9. The third-order valence-corrected chi connectivity index (χ3v) is 3.44. The van der Waals surface area contributed by atoms with E-state index in [9.17, 15) is 9.59 Å². The van der Waals surface area contributed by atoms with Crippen LogP contribution in [0.4, 0.5) is 0 Å². The van der Waals surface area contributed by atoms with Crippen molar-refractivity contribution in [3.8, 4) is 16.9 Å². The molecule has 1 heterocycles. The molecule has 0 unspecified atom stereocenters. The van der Waals surface area contributed by atoms with Crippen LogP contribution in [0.25, 0.3) is 11.1 Å². The predicted molar refractivity (Wildman–Crippen MR) is 88.1 cm³/mol. The maximum absolute atomic E-state index is 11.2. The van der Waals surface area contributed by atoms with E-state index < -0.39 is 11.6 Å². The Balaban J connectivity index is 1.80. The standard InChI is InChI=1S/C19H14O5/c20-17-11-10-16(18(24-17)19(21)22)14-6-8-15(9-7-14)23-12-13-4-2-1-3-5-13/h1-11H,12H2,(H,21,22). The predicted octanol–water partition coefficient (Wildman–Crippen LogP) is 3.58. The van der Waals surface area contributed by atoms with Gasteiger partial charge in [0.1, 0.15) is 12.4 Å². The molecule has 0 radical (unpaired) electrons. The topological polar surface area (TPSA) is 76.7 Å². The molecule has 0 aliphatic rings. The van der Waals surface area contributed by atoms with Crippen LogP contribution in [-0.2, 0) is 6.61 Å². The molecule has 0 spiro atoms. The van der Waals surface area contributed by atoms with Crippen molar-refractivity contribution in [2.75, 3.05) is 0 Å². The minimum absolute atomic E-state index is 0.344. The number of benzene rings is 2. The van der Waals surface area contributed by atoms with Gasteiger partial charge in [0.15, 0.2) is 0 Å². The molecule has 0 bridgehead atoms. The van der Waals surface area contributed by atoms with Crippen molar-refractivity contribution in [2.24, 2.45) is 0 Å². The highest BCUT2D eigenvalue weighted by Gasteiger charge is 2.15. The summed E-state index contributed by atoms with van der Waals surface area (Å²) in [5.74, 6) is -0.996. The van der Waals surface area contributed by atoms with E-state index in [2.05, 4.69) is 0 Å². The molecular formula is C19H14O5. The fraction of sp³-hybridized carbons (Fsp3) is 0.0526. The van der Waals surface area contributed by atoms with E-state index >= 15 is 0 Å². The minimum Gasteiger partial charge on any atom is -0.489 e. The molecule has 1 aromatic heterocycles. The highest BCUT2D eigenvalue weighted by molar-refractivity contribution is 5.92. The zero-order valence-corrected chi connectivity index (χ0v) is 12.6. The van der Waals surface area contributed by atoms with E-state index in [-0.39, 0.29) is 5.76 Å². The van der Waals surface area contributed by atoms with E-state index in [1.165, 1.54) is 12.1 Å². The van der Waals surface area contributed by atoms with Crippen LogP contribution in [-0.4, -0.2) is 11.1 Å². The van der Waals surface area contributed by atoms with Gasteiger partial charge in [-0.1, -0.05) is 42.5 Å². The van der Waals surface area contributed by atoms with Crippen molar-refractivity contribution in [1.82, 2.24) is 0 Å². The van der Waals surface area contributed by atoms with Gasteiger partial charge in [-0.2, -0.15) is 0 Å². The van der Waals surface area contributed by atoms with Gasteiger partial charge in [0, 0.05) is 11.6 Å². The SMILES string of the molecule is O=C(O)c1oc(=O)ccc1-c1ccc(OCc2ccccc2)cc1. The number of aromatic carboxylic acids is 1. The second-order valence-electron chi connectivity index (χ2n) is 5.10. The molecule has 0 atom stereocenters. The molecule has 0 aliphatic carbocycles. The largest absolute Gasteiger partial charge is 0.489 e. The van der Waals surface area contributed by atoms with Gasteiger partial charge in [0.2, 0.25) is 5.76 Å². The van der Waals surface area contributed by atoms with Gasteiger partial charge in [-0.25, -0.2) is 9.59 Å². The van der Waals surface area contributed by atoms with Crippen LogP contribution in [0, 0.1) is 0 Å². The van der Waals surface area contributed by atoms with Gasteiger partial charge >= 0.3 is 11.6 Å². The summed E-state index contributed by atoms with van der Waals surface area (Å²) in [6.45, 7) is 0.445. The number of hydrogen-bond donors (Lipinski definition) is 1. The monoisotopic (exact) mass is 322 g/mol. The van der Waals surface area contributed by atoms with E-state index in [0.717, 1.165) is 5.56 Å². The number of carbonyl (C=O) groups is 1. The first-order valence-electron chi connectivity index (χ1n) is 7.28. The molecule has 0 aliphatic heterocycles. The molecule has 3 rings (SSSR count). The first-order valence-corrected chi connectivity index (χ1v) is 7.28. The summed E-state index contributed by atoms with van der Waals surface area (Å²) < 4.78 is 10.5. The first-order chi connectivity index (χ1) is 11.6. The fourth-order valence-electron chi connectivity index (χ4n) is 2.27. The quantitative estimate of drug-likeness (QED) is 0.777. The summed E-state index contributed by atoms with van der Waals surface area (Å²) in [6.07, 6.45) is 0. The molecule has 0 saturated heterocycles. The van der Waals surface area contributed by atoms with Crippen LogP contribution in [0.5, 0.6) is 5.75 Å². The second-order valence-corrected chi connectivity index (χ2v) is 5.10. The van der Waals surface area contributed by atoms with Crippen LogP contribution in [0.15, 0.2) is 75.9 Å². The molecule has 120 valence electrons. The van der Waals surface area contributed by atoms with Crippen molar-refractivity contribution in [3.63, 3.8) is 0 Å². The molecule has 5 nitrogen and oxygen atoms in total. The Labute approximate surface area is 137 Å². The van der Waals surface area contributed by atoms with Crippen LogP contribution in [0.1, 0.15) is 16.1 Å². The Hall–Kier alpha value is -3.34. The van der Waals surface area contributed by atoms with E-state index in [4.69, 9.17) is 14.3 Å². The summed E-state index contributed by atoms with van der Waals surface area (Å²) in [6, 6.07) is 19.3. The van der Waals surface area contributed by atoms with Crippen LogP contribution in [0.3, 0.4) is 0 Å². The lowest BCUT2D eigenvalue weighted by atomic mass is 10.0. The lowest BCUT2D eigenvalue weighted by Gasteiger charge is -2.08. The normalized spacial score (nSPS) is 10.3. The number of ether oxygens (including phenoxy) is 1.